The van der Waals surface area contributed by atoms with E-state index in [4.69, 9.17) is 9.47 Å². The molecule has 0 atom stereocenters. The van der Waals surface area contributed by atoms with Gasteiger partial charge < -0.3 is 14.4 Å². The van der Waals surface area contributed by atoms with E-state index >= 15 is 0 Å². The quantitative estimate of drug-likeness (QED) is 0.817. The van der Waals surface area contributed by atoms with Gasteiger partial charge in [0.25, 0.3) is 0 Å². The molecule has 136 valence electrons. The molecule has 2 heterocycles. The molecule has 0 fully saturated rings. The zero-order valence-corrected chi connectivity index (χ0v) is 15.9. The number of pyridine rings is 1. The first-order valence-electron chi connectivity index (χ1n) is 9.12. The van der Waals surface area contributed by atoms with Crippen molar-refractivity contribution in [3.05, 3.63) is 46.1 Å². The molecule has 0 amide bonds. The molecule has 1 aromatic carbocycles. The highest BCUT2D eigenvalue weighted by Gasteiger charge is 2.23. The van der Waals surface area contributed by atoms with Crippen LogP contribution >= 0.6 is 0 Å². The molecule has 0 saturated carbocycles. The molecular formula is C21H25N3O2. The zero-order valence-electron chi connectivity index (χ0n) is 15.9. The van der Waals surface area contributed by atoms with Crippen LogP contribution in [0.5, 0.6) is 11.5 Å². The highest BCUT2D eigenvalue weighted by molar-refractivity contribution is 5.60. The maximum absolute atomic E-state index is 9.57. The second-order valence-electron chi connectivity index (χ2n) is 6.50. The minimum Gasteiger partial charge on any atom is -0.490 e. The first-order chi connectivity index (χ1) is 12.6. The van der Waals surface area contributed by atoms with Gasteiger partial charge in [-0.2, -0.15) is 5.26 Å². The largest absolute Gasteiger partial charge is 0.490 e. The third kappa shape index (κ3) is 3.45. The molecule has 1 aliphatic rings. The van der Waals surface area contributed by atoms with E-state index in [0.717, 1.165) is 41.5 Å². The number of ether oxygens (including phenoxy) is 2. The summed E-state index contributed by atoms with van der Waals surface area (Å²) < 4.78 is 11.5. The monoisotopic (exact) mass is 351 g/mol. The lowest BCUT2D eigenvalue weighted by molar-refractivity contribution is 0.287. The van der Waals surface area contributed by atoms with Crippen LogP contribution < -0.4 is 14.4 Å². The Morgan fingerprint density at radius 3 is 2.35 bits per heavy atom. The smallest absolute Gasteiger partial charge is 0.161 e. The fraction of sp³-hybridized carbons (Fsp3) is 0.429. The van der Waals surface area contributed by atoms with Crippen LogP contribution in [0.2, 0.25) is 0 Å². The molecule has 0 spiro atoms. The number of nitriles is 1. The van der Waals surface area contributed by atoms with E-state index in [1.807, 2.05) is 33.8 Å². The Morgan fingerprint density at radius 2 is 1.73 bits per heavy atom. The Balaban J connectivity index is 1.97. The molecular weight excluding hydrogens is 326 g/mol. The molecule has 26 heavy (non-hydrogen) atoms. The molecule has 0 radical (unpaired) electrons. The van der Waals surface area contributed by atoms with Crippen molar-refractivity contribution in [2.24, 2.45) is 0 Å². The molecule has 1 aliphatic heterocycles. The number of fused-ring (bicyclic) bond motifs is 1. The predicted molar refractivity (Wildman–Crippen MR) is 102 cm³/mol. The summed E-state index contributed by atoms with van der Waals surface area (Å²) in [4.78, 5) is 6.85. The number of aromatic nitrogens is 1. The molecule has 1 aromatic heterocycles. The lowest BCUT2D eigenvalue weighted by Gasteiger charge is -2.31. The molecule has 0 N–H and O–H groups in total. The molecule has 0 aliphatic carbocycles. The summed E-state index contributed by atoms with van der Waals surface area (Å²) in [5.74, 6) is 2.37. The Kier molecular flexibility index (Phi) is 5.32. The van der Waals surface area contributed by atoms with Gasteiger partial charge >= 0.3 is 0 Å². The van der Waals surface area contributed by atoms with Gasteiger partial charge in [-0.05, 0) is 69.0 Å². The molecule has 2 aromatic rings. The molecule has 0 unspecified atom stereocenters. The topological polar surface area (TPSA) is 58.4 Å². The second kappa shape index (κ2) is 7.65. The minimum atomic E-state index is 0.597. The van der Waals surface area contributed by atoms with Crippen molar-refractivity contribution in [1.82, 2.24) is 4.98 Å². The predicted octanol–water partition coefficient (Wildman–Crippen LogP) is 3.93. The molecule has 5 heteroatoms. The summed E-state index contributed by atoms with van der Waals surface area (Å²) in [6.07, 6.45) is 0.890. The van der Waals surface area contributed by atoms with Crippen LogP contribution in [-0.2, 0) is 13.0 Å². The first kappa shape index (κ1) is 18.1. The number of benzene rings is 1. The van der Waals surface area contributed by atoms with E-state index in [0.29, 0.717) is 25.3 Å². The van der Waals surface area contributed by atoms with Crippen molar-refractivity contribution >= 4 is 5.82 Å². The van der Waals surface area contributed by atoms with E-state index in [1.54, 1.807) is 0 Å². The van der Waals surface area contributed by atoms with Gasteiger partial charge in [0.15, 0.2) is 11.5 Å². The van der Waals surface area contributed by atoms with Crippen molar-refractivity contribution < 1.29 is 9.47 Å². The van der Waals surface area contributed by atoms with E-state index < -0.39 is 0 Å². The SMILES string of the molecule is CCOc1cc2c(cc1OCC)CN(c1nc(C)cc(C)c1C#N)CC2. The highest BCUT2D eigenvalue weighted by atomic mass is 16.5. The van der Waals surface area contributed by atoms with Crippen LogP contribution in [0.1, 0.15) is 41.8 Å². The Morgan fingerprint density at radius 1 is 1.08 bits per heavy atom. The number of hydrogen-bond acceptors (Lipinski definition) is 5. The average molecular weight is 351 g/mol. The molecule has 5 nitrogen and oxygen atoms in total. The van der Waals surface area contributed by atoms with Crippen LogP contribution in [0, 0.1) is 25.2 Å². The van der Waals surface area contributed by atoms with Crippen molar-refractivity contribution in [3.8, 4) is 17.6 Å². The summed E-state index contributed by atoms with van der Waals surface area (Å²) in [5, 5.41) is 9.57. The fourth-order valence-electron chi connectivity index (χ4n) is 3.47. The summed E-state index contributed by atoms with van der Waals surface area (Å²) in [7, 11) is 0. The average Bonchev–Trinajstić information content (AvgIpc) is 2.61. The van der Waals surface area contributed by atoms with E-state index in [9.17, 15) is 5.26 Å². The number of anilines is 1. The summed E-state index contributed by atoms with van der Waals surface area (Å²) in [5.41, 5.74) is 5.05. The van der Waals surface area contributed by atoms with Gasteiger partial charge in [0, 0.05) is 18.8 Å². The lowest BCUT2D eigenvalue weighted by atomic mass is 9.98. The van der Waals surface area contributed by atoms with Gasteiger partial charge in [-0.1, -0.05) is 0 Å². The van der Waals surface area contributed by atoms with Crippen LogP contribution in [0.15, 0.2) is 18.2 Å². The number of nitrogens with zero attached hydrogens (tertiary/aromatic N) is 3. The number of aryl methyl sites for hydroxylation is 2. The second-order valence-corrected chi connectivity index (χ2v) is 6.50. The van der Waals surface area contributed by atoms with E-state index in [1.165, 1.54) is 11.1 Å². The van der Waals surface area contributed by atoms with Crippen molar-refractivity contribution in [1.29, 1.82) is 5.26 Å². The Bertz CT molecular complexity index is 855. The van der Waals surface area contributed by atoms with Crippen LogP contribution in [-0.4, -0.2) is 24.7 Å². The van der Waals surface area contributed by atoms with E-state index in [-0.39, 0.29) is 0 Å². The van der Waals surface area contributed by atoms with Crippen molar-refractivity contribution in [2.75, 3.05) is 24.7 Å². The normalized spacial score (nSPS) is 13.1. The standard InChI is InChI=1S/C21H25N3O2/c1-5-25-19-10-16-7-8-24(13-17(16)11-20(19)26-6-2)21-18(12-22)14(3)9-15(4)23-21/h9-11H,5-8,13H2,1-4H3. The third-order valence-electron chi connectivity index (χ3n) is 4.61. The van der Waals surface area contributed by atoms with Crippen molar-refractivity contribution in [2.45, 2.75) is 40.7 Å². The summed E-state index contributed by atoms with van der Waals surface area (Å²) in [6, 6.07) is 8.45. The number of rotatable bonds is 5. The lowest BCUT2D eigenvalue weighted by Crippen LogP contribution is -2.32. The van der Waals surface area contributed by atoms with Gasteiger partial charge in [0.1, 0.15) is 11.9 Å². The molecule has 3 rings (SSSR count). The summed E-state index contributed by atoms with van der Waals surface area (Å²) in [6.45, 7) is 10.6. The highest BCUT2D eigenvalue weighted by Crippen LogP contribution is 2.35. The number of hydrogen-bond donors (Lipinski definition) is 0. The van der Waals surface area contributed by atoms with Gasteiger partial charge in [-0.25, -0.2) is 4.98 Å². The minimum absolute atomic E-state index is 0.597. The zero-order chi connectivity index (χ0) is 18.7. The van der Waals surface area contributed by atoms with Crippen molar-refractivity contribution in [3.63, 3.8) is 0 Å². The van der Waals surface area contributed by atoms with Gasteiger partial charge in [0.05, 0.1) is 18.8 Å². The van der Waals surface area contributed by atoms with Gasteiger partial charge in [0.2, 0.25) is 0 Å². The van der Waals surface area contributed by atoms with Gasteiger partial charge in [-0.3, -0.25) is 0 Å². The van der Waals surface area contributed by atoms with Crippen LogP contribution in [0.4, 0.5) is 5.82 Å². The Labute approximate surface area is 155 Å². The first-order valence-corrected chi connectivity index (χ1v) is 9.12. The molecule has 0 bridgehead atoms. The maximum Gasteiger partial charge on any atom is 0.161 e. The summed E-state index contributed by atoms with van der Waals surface area (Å²) >= 11 is 0. The van der Waals surface area contributed by atoms with E-state index in [2.05, 4.69) is 28.1 Å². The van der Waals surface area contributed by atoms with Crippen LogP contribution in [0.3, 0.4) is 0 Å². The third-order valence-corrected chi connectivity index (χ3v) is 4.61. The van der Waals surface area contributed by atoms with Gasteiger partial charge in [-0.15, -0.1) is 0 Å². The van der Waals surface area contributed by atoms with Crippen LogP contribution in [0.25, 0.3) is 0 Å². The maximum atomic E-state index is 9.57. The molecule has 0 saturated heterocycles. The Hall–Kier alpha value is -2.74. The fourth-order valence-corrected chi connectivity index (χ4v) is 3.47.